The molecule has 0 amide bonds. The van der Waals surface area contributed by atoms with Gasteiger partial charge < -0.3 is 10.4 Å². The van der Waals surface area contributed by atoms with Crippen molar-refractivity contribution in [3.63, 3.8) is 0 Å². The first-order chi connectivity index (χ1) is 7.98. The van der Waals surface area contributed by atoms with Crippen LogP contribution in [0.1, 0.15) is 17.9 Å². The predicted molar refractivity (Wildman–Crippen MR) is 67.0 cm³/mol. The molecule has 1 heterocycles. The van der Waals surface area contributed by atoms with E-state index in [9.17, 15) is 13.5 Å². The zero-order valence-electron chi connectivity index (χ0n) is 9.76. The van der Waals surface area contributed by atoms with E-state index in [2.05, 4.69) is 5.32 Å². The van der Waals surface area contributed by atoms with Crippen molar-refractivity contribution in [2.24, 2.45) is 0 Å². The van der Waals surface area contributed by atoms with Crippen LogP contribution in [0.25, 0.3) is 0 Å². The standard InChI is InChI=1S/C12H17NO3S/c1-17(15,16)12-8-13-6-5-11(12)9-3-2-4-10(14)7-9/h2-4,7,11-14H,5-6,8H2,1H3/t11?,12-/m0/s1. The molecule has 1 unspecified atom stereocenters. The third kappa shape index (κ3) is 2.79. The summed E-state index contributed by atoms with van der Waals surface area (Å²) >= 11 is 0. The Labute approximate surface area is 102 Å². The maximum Gasteiger partial charge on any atom is 0.152 e. The topological polar surface area (TPSA) is 66.4 Å². The fraction of sp³-hybridized carbons (Fsp3) is 0.500. The van der Waals surface area contributed by atoms with Crippen LogP contribution in [-0.2, 0) is 9.84 Å². The van der Waals surface area contributed by atoms with Gasteiger partial charge in [0.05, 0.1) is 5.25 Å². The van der Waals surface area contributed by atoms with Crippen molar-refractivity contribution in [1.29, 1.82) is 0 Å². The molecule has 0 saturated carbocycles. The number of piperidine rings is 1. The average Bonchev–Trinajstić information content (AvgIpc) is 2.28. The van der Waals surface area contributed by atoms with E-state index in [1.54, 1.807) is 18.2 Å². The van der Waals surface area contributed by atoms with E-state index in [1.165, 1.54) is 6.26 Å². The van der Waals surface area contributed by atoms with Crippen molar-refractivity contribution in [1.82, 2.24) is 5.32 Å². The van der Waals surface area contributed by atoms with Crippen LogP contribution in [-0.4, -0.2) is 38.1 Å². The number of hydrogen-bond donors (Lipinski definition) is 2. The van der Waals surface area contributed by atoms with Gasteiger partial charge in [-0.05, 0) is 30.7 Å². The second-order valence-corrected chi connectivity index (χ2v) is 6.83. The lowest BCUT2D eigenvalue weighted by molar-refractivity contribution is 0.444. The van der Waals surface area contributed by atoms with Crippen molar-refractivity contribution in [3.05, 3.63) is 29.8 Å². The predicted octanol–water partition coefficient (Wildman–Crippen LogP) is 0.882. The molecule has 17 heavy (non-hydrogen) atoms. The van der Waals surface area contributed by atoms with E-state index in [0.717, 1.165) is 18.5 Å². The Kier molecular flexibility index (Phi) is 3.40. The van der Waals surface area contributed by atoms with Gasteiger partial charge in [0.1, 0.15) is 5.75 Å². The van der Waals surface area contributed by atoms with Crippen molar-refractivity contribution in [2.45, 2.75) is 17.6 Å². The molecule has 1 aliphatic heterocycles. The van der Waals surface area contributed by atoms with Crippen molar-refractivity contribution >= 4 is 9.84 Å². The van der Waals surface area contributed by atoms with E-state index in [1.807, 2.05) is 6.07 Å². The highest BCUT2D eigenvalue weighted by molar-refractivity contribution is 7.91. The molecule has 94 valence electrons. The number of hydrogen-bond acceptors (Lipinski definition) is 4. The minimum Gasteiger partial charge on any atom is -0.508 e. The normalized spacial score (nSPS) is 25.7. The molecule has 0 aliphatic carbocycles. The van der Waals surface area contributed by atoms with Crippen LogP contribution in [0, 0.1) is 0 Å². The largest absolute Gasteiger partial charge is 0.508 e. The molecule has 1 aromatic rings. The lowest BCUT2D eigenvalue weighted by Crippen LogP contribution is -2.43. The second kappa shape index (κ2) is 4.66. The highest BCUT2D eigenvalue weighted by atomic mass is 32.2. The van der Waals surface area contributed by atoms with Crippen LogP contribution in [0.3, 0.4) is 0 Å². The average molecular weight is 255 g/mol. The maximum atomic E-state index is 11.8. The van der Waals surface area contributed by atoms with Gasteiger partial charge in [0.2, 0.25) is 0 Å². The van der Waals surface area contributed by atoms with Gasteiger partial charge in [-0.2, -0.15) is 0 Å². The zero-order valence-corrected chi connectivity index (χ0v) is 10.6. The Morgan fingerprint density at radius 1 is 1.41 bits per heavy atom. The first-order valence-electron chi connectivity index (χ1n) is 5.67. The minimum absolute atomic E-state index is 0.0293. The molecule has 1 fully saturated rings. The summed E-state index contributed by atoms with van der Waals surface area (Å²) in [5.74, 6) is 0.159. The van der Waals surface area contributed by atoms with E-state index in [4.69, 9.17) is 0 Å². The highest BCUT2D eigenvalue weighted by Gasteiger charge is 2.33. The molecule has 4 nitrogen and oxygen atoms in total. The van der Waals surface area contributed by atoms with Crippen molar-refractivity contribution < 1.29 is 13.5 Å². The molecule has 0 aromatic heterocycles. The number of sulfone groups is 1. The summed E-state index contributed by atoms with van der Waals surface area (Å²) in [5, 5.41) is 12.2. The van der Waals surface area contributed by atoms with Crippen LogP contribution >= 0.6 is 0 Å². The van der Waals surface area contributed by atoms with Gasteiger partial charge in [-0.15, -0.1) is 0 Å². The monoisotopic (exact) mass is 255 g/mol. The van der Waals surface area contributed by atoms with Crippen LogP contribution in [0.15, 0.2) is 24.3 Å². The lowest BCUT2D eigenvalue weighted by atomic mass is 9.90. The minimum atomic E-state index is -3.08. The molecule has 0 bridgehead atoms. The van der Waals surface area contributed by atoms with Gasteiger partial charge in [-0.25, -0.2) is 8.42 Å². The number of nitrogens with one attached hydrogen (secondary N) is 1. The van der Waals surface area contributed by atoms with Gasteiger partial charge >= 0.3 is 0 Å². The smallest absolute Gasteiger partial charge is 0.152 e. The highest BCUT2D eigenvalue weighted by Crippen LogP contribution is 2.31. The van der Waals surface area contributed by atoms with Gasteiger partial charge in [-0.3, -0.25) is 0 Å². The fourth-order valence-electron chi connectivity index (χ4n) is 2.42. The molecular weight excluding hydrogens is 238 g/mol. The Bertz CT molecular complexity index is 498. The number of phenolic OH excluding ortho intramolecular Hbond substituents is 1. The third-order valence-electron chi connectivity index (χ3n) is 3.27. The van der Waals surface area contributed by atoms with Gasteiger partial charge in [0, 0.05) is 18.7 Å². The third-order valence-corrected chi connectivity index (χ3v) is 4.87. The first kappa shape index (κ1) is 12.4. The molecule has 2 rings (SSSR count). The van der Waals surface area contributed by atoms with E-state index >= 15 is 0 Å². The molecule has 0 radical (unpaired) electrons. The summed E-state index contributed by atoms with van der Waals surface area (Å²) in [6.07, 6.45) is 2.06. The maximum absolute atomic E-state index is 11.8. The van der Waals surface area contributed by atoms with E-state index in [0.29, 0.717) is 6.54 Å². The van der Waals surface area contributed by atoms with E-state index in [-0.39, 0.29) is 11.7 Å². The van der Waals surface area contributed by atoms with Gasteiger partial charge in [0.25, 0.3) is 0 Å². The molecular formula is C12H17NO3S. The number of phenols is 1. The van der Waals surface area contributed by atoms with Gasteiger partial charge in [0.15, 0.2) is 9.84 Å². The summed E-state index contributed by atoms with van der Waals surface area (Å²) < 4.78 is 23.5. The summed E-state index contributed by atoms with van der Waals surface area (Å²) in [5.41, 5.74) is 0.905. The second-order valence-electron chi connectivity index (χ2n) is 4.56. The zero-order chi connectivity index (χ0) is 12.5. The molecule has 1 aliphatic rings. The summed E-state index contributed by atoms with van der Waals surface area (Å²) in [7, 11) is -3.08. The van der Waals surface area contributed by atoms with Crippen molar-refractivity contribution in [2.75, 3.05) is 19.3 Å². The SMILES string of the molecule is CS(=O)(=O)[C@H]1CNCCC1c1cccc(O)c1. The molecule has 2 N–H and O–H groups in total. The fourth-order valence-corrected chi connectivity index (χ4v) is 3.73. The van der Waals surface area contributed by atoms with Gasteiger partial charge in [-0.1, -0.05) is 12.1 Å². The summed E-state index contributed by atoms with van der Waals surface area (Å²) in [4.78, 5) is 0. The van der Waals surface area contributed by atoms with E-state index < -0.39 is 15.1 Å². The van der Waals surface area contributed by atoms with Crippen LogP contribution in [0.4, 0.5) is 0 Å². The number of aromatic hydroxyl groups is 1. The number of benzene rings is 1. The lowest BCUT2D eigenvalue weighted by Gasteiger charge is -2.31. The Morgan fingerprint density at radius 3 is 2.82 bits per heavy atom. The quantitative estimate of drug-likeness (QED) is 0.823. The van der Waals surface area contributed by atoms with Crippen LogP contribution in [0.2, 0.25) is 0 Å². The van der Waals surface area contributed by atoms with Crippen molar-refractivity contribution in [3.8, 4) is 5.75 Å². The Balaban J connectivity index is 2.34. The molecule has 2 atom stereocenters. The Hall–Kier alpha value is -1.07. The van der Waals surface area contributed by atoms with Crippen LogP contribution < -0.4 is 5.32 Å². The van der Waals surface area contributed by atoms with Crippen LogP contribution in [0.5, 0.6) is 5.75 Å². The molecule has 1 saturated heterocycles. The summed E-state index contributed by atoms with van der Waals surface area (Å²) in [6.45, 7) is 1.30. The molecule has 0 spiro atoms. The summed E-state index contributed by atoms with van der Waals surface area (Å²) in [6, 6.07) is 6.90. The molecule has 1 aromatic carbocycles. The molecule has 5 heteroatoms. The Morgan fingerprint density at radius 2 is 2.18 bits per heavy atom. The first-order valence-corrected chi connectivity index (χ1v) is 7.62. The number of rotatable bonds is 2.